The topological polar surface area (TPSA) is 46.2 Å². The van der Waals surface area contributed by atoms with Crippen LogP contribution in [0.5, 0.6) is 0 Å². The van der Waals surface area contributed by atoms with Gasteiger partial charge in [0.25, 0.3) is 0 Å². The van der Waals surface area contributed by atoms with E-state index < -0.39 is 9.84 Å². The van der Waals surface area contributed by atoms with Crippen LogP contribution in [0.3, 0.4) is 0 Å². The molecule has 18 heavy (non-hydrogen) atoms. The Bertz CT molecular complexity index is 570. The van der Waals surface area contributed by atoms with Gasteiger partial charge in [-0.25, -0.2) is 8.42 Å². The van der Waals surface area contributed by atoms with Crippen molar-refractivity contribution < 1.29 is 8.42 Å². The van der Waals surface area contributed by atoms with E-state index in [1.807, 2.05) is 13.0 Å². The first kappa shape index (κ1) is 13.6. The first-order chi connectivity index (χ1) is 8.24. The molecule has 0 amide bonds. The summed E-state index contributed by atoms with van der Waals surface area (Å²) >= 11 is 0. The largest absolute Gasteiger partial charge is 0.308 e. The van der Waals surface area contributed by atoms with Crippen molar-refractivity contribution >= 4 is 9.84 Å². The Labute approximate surface area is 110 Å². The highest BCUT2D eigenvalue weighted by Gasteiger charge is 2.32. The van der Waals surface area contributed by atoms with Gasteiger partial charge in [0, 0.05) is 11.8 Å². The van der Waals surface area contributed by atoms with E-state index in [-0.39, 0.29) is 5.54 Å². The lowest BCUT2D eigenvalue weighted by Gasteiger charge is -2.28. The van der Waals surface area contributed by atoms with Gasteiger partial charge < -0.3 is 5.32 Å². The summed E-state index contributed by atoms with van der Waals surface area (Å²) in [6.45, 7) is 7.21. The molecular formula is C14H21NO2S. The van der Waals surface area contributed by atoms with E-state index in [4.69, 9.17) is 0 Å². The number of benzene rings is 1. The second-order valence-corrected chi connectivity index (χ2v) is 7.56. The van der Waals surface area contributed by atoms with Crippen molar-refractivity contribution in [2.75, 3.05) is 12.8 Å². The monoisotopic (exact) mass is 267 g/mol. The Balaban J connectivity index is 2.63. The average molecular weight is 267 g/mol. The molecule has 4 heteroatoms. The van der Waals surface area contributed by atoms with Crippen molar-refractivity contribution in [3.05, 3.63) is 28.8 Å². The SMILES string of the molecule is Cc1cc(S(C)(=O)=O)cc(C2(C)CCCN2)c1C. The number of hydrogen-bond donors (Lipinski definition) is 1. The Kier molecular flexibility index (Phi) is 3.28. The number of aryl methyl sites for hydroxylation is 1. The van der Waals surface area contributed by atoms with Gasteiger partial charge in [0.15, 0.2) is 9.84 Å². The third-order valence-electron chi connectivity index (χ3n) is 4.03. The van der Waals surface area contributed by atoms with Gasteiger partial charge in [0.1, 0.15) is 0 Å². The lowest BCUT2D eigenvalue weighted by atomic mass is 9.86. The first-order valence-electron chi connectivity index (χ1n) is 6.31. The number of sulfone groups is 1. The summed E-state index contributed by atoms with van der Waals surface area (Å²) in [5, 5.41) is 3.50. The standard InChI is InChI=1S/C14H21NO2S/c1-10-8-12(18(4,16)17)9-13(11(10)2)14(3)6-5-7-15-14/h8-9,15H,5-7H2,1-4H3. The second kappa shape index (κ2) is 4.35. The summed E-state index contributed by atoms with van der Waals surface area (Å²) in [4.78, 5) is 0.426. The summed E-state index contributed by atoms with van der Waals surface area (Å²) in [7, 11) is -3.15. The minimum atomic E-state index is -3.15. The normalized spacial score (nSPS) is 24.4. The Hall–Kier alpha value is -0.870. The van der Waals surface area contributed by atoms with Gasteiger partial charge in [-0.1, -0.05) is 0 Å². The van der Waals surface area contributed by atoms with Crippen LogP contribution in [0.2, 0.25) is 0 Å². The fraction of sp³-hybridized carbons (Fsp3) is 0.571. The summed E-state index contributed by atoms with van der Waals surface area (Å²) < 4.78 is 23.5. The van der Waals surface area contributed by atoms with Crippen LogP contribution in [0, 0.1) is 13.8 Å². The predicted molar refractivity (Wildman–Crippen MR) is 73.6 cm³/mol. The molecule has 3 nitrogen and oxygen atoms in total. The van der Waals surface area contributed by atoms with E-state index >= 15 is 0 Å². The van der Waals surface area contributed by atoms with E-state index in [9.17, 15) is 8.42 Å². The van der Waals surface area contributed by atoms with Crippen LogP contribution < -0.4 is 5.32 Å². The molecule has 1 aliphatic rings. The molecule has 0 aliphatic carbocycles. The lowest BCUT2D eigenvalue weighted by molar-refractivity contribution is 0.431. The Morgan fingerprint density at radius 2 is 1.94 bits per heavy atom. The summed E-state index contributed by atoms with van der Waals surface area (Å²) in [6.07, 6.45) is 3.46. The number of rotatable bonds is 2. The van der Waals surface area contributed by atoms with Crippen molar-refractivity contribution in [2.24, 2.45) is 0 Å². The van der Waals surface area contributed by atoms with Gasteiger partial charge in [-0.3, -0.25) is 0 Å². The highest BCUT2D eigenvalue weighted by atomic mass is 32.2. The van der Waals surface area contributed by atoms with Crippen molar-refractivity contribution in [2.45, 2.75) is 44.0 Å². The van der Waals surface area contributed by atoms with E-state index in [1.165, 1.54) is 11.8 Å². The van der Waals surface area contributed by atoms with Crippen LogP contribution in [-0.4, -0.2) is 21.2 Å². The lowest BCUT2D eigenvalue weighted by Crippen LogP contribution is -2.34. The van der Waals surface area contributed by atoms with Crippen LogP contribution in [0.4, 0.5) is 0 Å². The number of nitrogens with one attached hydrogen (secondary N) is 1. The highest BCUT2D eigenvalue weighted by molar-refractivity contribution is 7.90. The molecule has 0 spiro atoms. The molecule has 1 aromatic rings. The molecule has 100 valence electrons. The van der Waals surface area contributed by atoms with E-state index in [2.05, 4.69) is 19.2 Å². The van der Waals surface area contributed by atoms with Gasteiger partial charge in [0.2, 0.25) is 0 Å². The van der Waals surface area contributed by atoms with Crippen LogP contribution in [-0.2, 0) is 15.4 Å². The average Bonchev–Trinajstić information content (AvgIpc) is 2.68. The van der Waals surface area contributed by atoms with Crippen LogP contribution >= 0.6 is 0 Å². The van der Waals surface area contributed by atoms with Crippen molar-refractivity contribution in [1.82, 2.24) is 5.32 Å². The second-order valence-electron chi connectivity index (χ2n) is 5.55. The maximum atomic E-state index is 11.7. The van der Waals surface area contributed by atoms with E-state index in [0.717, 1.165) is 30.5 Å². The van der Waals surface area contributed by atoms with Gasteiger partial charge in [0.05, 0.1) is 4.90 Å². The molecule has 1 unspecified atom stereocenters. The maximum absolute atomic E-state index is 11.7. The third-order valence-corrected chi connectivity index (χ3v) is 5.12. The molecule has 1 atom stereocenters. The van der Waals surface area contributed by atoms with Crippen molar-refractivity contribution in [1.29, 1.82) is 0 Å². The summed E-state index contributed by atoms with van der Waals surface area (Å²) in [6, 6.07) is 3.61. The van der Waals surface area contributed by atoms with Gasteiger partial charge in [-0.15, -0.1) is 0 Å². The maximum Gasteiger partial charge on any atom is 0.175 e. The molecule has 1 aromatic carbocycles. The Morgan fingerprint density at radius 3 is 2.44 bits per heavy atom. The minimum absolute atomic E-state index is 0.0878. The van der Waals surface area contributed by atoms with E-state index in [1.54, 1.807) is 6.07 Å². The molecule has 0 aromatic heterocycles. The van der Waals surface area contributed by atoms with Crippen molar-refractivity contribution in [3.63, 3.8) is 0 Å². The van der Waals surface area contributed by atoms with Crippen LogP contribution in [0.25, 0.3) is 0 Å². The zero-order chi connectivity index (χ0) is 13.6. The highest BCUT2D eigenvalue weighted by Crippen LogP contribution is 2.35. The minimum Gasteiger partial charge on any atom is -0.308 e. The quantitative estimate of drug-likeness (QED) is 0.894. The zero-order valence-corrected chi connectivity index (χ0v) is 12.3. The molecule has 0 radical (unpaired) electrons. The number of hydrogen-bond acceptors (Lipinski definition) is 3. The molecule has 1 saturated heterocycles. The predicted octanol–water partition coefficient (Wildman–Crippen LogP) is 2.31. The molecule has 1 heterocycles. The van der Waals surface area contributed by atoms with E-state index in [0.29, 0.717) is 4.90 Å². The summed E-state index contributed by atoms with van der Waals surface area (Å²) in [5.41, 5.74) is 3.28. The van der Waals surface area contributed by atoms with Gasteiger partial charge >= 0.3 is 0 Å². The van der Waals surface area contributed by atoms with Gasteiger partial charge in [-0.05, 0) is 69.0 Å². The molecule has 2 rings (SSSR count). The zero-order valence-electron chi connectivity index (χ0n) is 11.5. The van der Waals surface area contributed by atoms with Crippen molar-refractivity contribution in [3.8, 4) is 0 Å². The fourth-order valence-electron chi connectivity index (χ4n) is 2.74. The van der Waals surface area contributed by atoms with Gasteiger partial charge in [-0.2, -0.15) is 0 Å². The van der Waals surface area contributed by atoms with Crippen LogP contribution in [0.15, 0.2) is 17.0 Å². The third kappa shape index (κ3) is 2.31. The molecule has 0 bridgehead atoms. The Morgan fingerprint density at radius 1 is 1.28 bits per heavy atom. The summed E-state index contributed by atoms with van der Waals surface area (Å²) in [5.74, 6) is 0. The molecular weight excluding hydrogens is 246 g/mol. The first-order valence-corrected chi connectivity index (χ1v) is 8.20. The molecule has 0 saturated carbocycles. The van der Waals surface area contributed by atoms with Crippen LogP contribution in [0.1, 0.15) is 36.5 Å². The molecule has 1 fully saturated rings. The molecule has 1 aliphatic heterocycles. The fourth-order valence-corrected chi connectivity index (χ4v) is 3.46. The molecule has 1 N–H and O–H groups in total. The smallest absolute Gasteiger partial charge is 0.175 e.